The van der Waals surface area contributed by atoms with E-state index in [4.69, 9.17) is 15.2 Å². The molecule has 0 heterocycles. The van der Waals surface area contributed by atoms with Gasteiger partial charge in [-0.05, 0) is 66.7 Å². The summed E-state index contributed by atoms with van der Waals surface area (Å²) in [5.41, 5.74) is 6.97. The Morgan fingerprint density at radius 1 is 0.806 bits per heavy atom. The smallest absolute Gasteiger partial charge is 0.255 e. The number of ether oxygens (including phenoxy) is 2. The Morgan fingerprint density at radius 3 is 1.90 bits per heavy atom. The lowest BCUT2D eigenvalue weighted by Gasteiger charge is -2.13. The maximum atomic E-state index is 12.6. The van der Waals surface area contributed by atoms with E-state index in [0.29, 0.717) is 39.8 Å². The maximum Gasteiger partial charge on any atom is 0.255 e. The fourth-order valence-electron chi connectivity index (χ4n) is 2.78. The lowest BCUT2D eigenvalue weighted by molar-refractivity contribution is -0.114. The summed E-state index contributed by atoms with van der Waals surface area (Å²) in [5.74, 6) is 0.427. The van der Waals surface area contributed by atoms with Crippen LogP contribution < -0.4 is 25.8 Å². The highest BCUT2D eigenvalue weighted by molar-refractivity contribution is 6.05. The second-order valence-corrected chi connectivity index (χ2v) is 6.57. The first kappa shape index (κ1) is 21.4. The Balaban J connectivity index is 1.70. The van der Waals surface area contributed by atoms with Crippen LogP contribution in [-0.2, 0) is 4.79 Å². The van der Waals surface area contributed by atoms with Crippen LogP contribution in [0.25, 0.3) is 0 Å². The zero-order valence-electron chi connectivity index (χ0n) is 17.0. The Kier molecular flexibility index (Phi) is 6.51. The molecule has 0 radical (unpaired) electrons. The first-order valence-electron chi connectivity index (χ1n) is 9.30. The van der Waals surface area contributed by atoms with Crippen molar-refractivity contribution in [2.75, 3.05) is 17.7 Å². The minimum absolute atomic E-state index is 0.220. The molecule has 0 bridgehead atoms. The molecule has 3 amide bonds. The van der Waals surface area contributed by atoms with E-state index in [0.717, 1.165) is 0 Å². The van der Waals surface area contributed by atoms with Gasteiger partial charge in [-0.2, -0.15) is 0 Å². The van der Waals surface area contributed by atoms with Gasteiger partial charge in [-0.15, -0.1) is 0 Å². The van der Waals surface area contributed by atoms with Crippen molar-refractivity contribution in [1.82, 2.24) is 0 Å². The monoisotopic (exact) mass is 419 g/mol. The van der Waals surface area contributed by atoms with Crippen LogP contribution in [0.2, 0.25) is 0 Å². The summed E-state index contributed by atoms with van der Waals surface area (Å²) in [6.45, 7) is 1.40. The van der Waals surface area contributed by atoms with Crippen molar-refractivity contribution < 1.29 is 23.9 Å². The molecule has 0 spiro atoms. The van der Waals surface area contributed by atoms with Crippen molar-refractivity contribution in [2.45, 2.75) is 6.92 Å². The number of anilines is 2. The number of carbonyl (C=O) groups excluding carboxylic acids is 3. The van der Waals surface area contributed by atoms with Crippen LogP contribution >= 0.6 is 0 Å². The SMILES string of the molecule is COc1ccc(NC(C)=O)cc1NC(=O)c1ccc(Oc2ccc(C(N)=O)cc2)cc1. The minimum atomic E-state index is -0.513. The molecule has 3 aromatic carbocycles. The number of benzene rings is 3. The molecule has 0 aliphatic carbocycles. The molecule has 0 aliphatic heterocycles. The molecule has 0 atom stereocenters. The van der Waals surface area contributed by atoms with Crippen molar-refractivity contribution in [1.29, 1.82) is 0 Å². The molecule has 3 aromatic rings. The van der Waals surface area contributed by atoms with Gasteiger partial charge in [-0.1, -0.05) is 0 Å². The summed E-state index contributed by atoms with van der Waals surface area (Å²) < 4.78 is 11.0. The van der Waals surface area contributed by atoms with E-state index < -0.39 is 5.91 Å². The van der Waals surface area contributed by atoms with E-state index in [1.165, 1.54) is 14.0 Å². The third-order valence-corrected chi connectivity index (χ3v) is 4.26. The number of hydrogen-bond donors (Lipinski definition) is 3. The number of hydrogen-bond acceptors (Lipinski definition) is 5. The van der Waals surface area contributed by atoms with Crippen LogP contribution in [-0.4, -0.2) is 24.8 Å². The van der Waals surface area contributed by atoms with Crippen LogP contribution in [0.1, 0.15) is 27.6 Å². The third-order valence-electron chi connectivity index (χ3n) is 4.26. The van der Waals surface area contributed by atoms with Gasteiger partial charge in [0.15, 0.2) is 0 Å². The topological polar surface area (TPSA) is 120 Å². The molecule has 31 heavy (non-hydrogen) atoms. The quantitative estimate of drug-likeness (QED) is 0.538. The van der Waals surface area contributed by atoms with Crippen molar-refractivity contribution >= 4 is 29.1 Å². The normalized spacial score (nSPS) is 10.1. The lowest BCUT2D eigenvalue weighted by Crippen LogP contribution is -2.13. The molecule has 4 N–H and O–H groups in total. The van der Waals surface area contributed by atoms with E-state index >= 15 is 0 Å². The highest BCUT2D eigenvalue weighted by atomic mass is 16.5. The van der Waals surface area contributed by atoms with E-state index in [2.05, 4.69) is 10.6 Å². The first-order valence-corrected chi connectivity index (χ1v) is 9.30. The zero-order valence-corrected chi connectivity index (χ0v) is 17.0. The van der Waals surface area contributed by atoms with Gasteiger partial charge in [0.05, 0.1) is 12.8 Å². The molecule has 3 rings (SSSR count). The molecule has 158 valence electrons. The van der Waals surface area contributed by atoms with Gasteiger partial charge < -0.3 is 25.8 Å². The van der Waals surface area contributed by atoms with Crippen molar-refractivity contribution in [3.8, 4) is 17.2 Å². The van der Waals surface area contributed by atoms with Gasteiger partial charge in [0.2, 0.25) is 11.8 Å². The van der Waals surface area contributed by atoms with Crippen LogP contribution in [0.3, 0.4) is 0 Å². The Bertz CT molecular complexity index is 1110. The number of nitrogens with one attached hydrogen (secondary N) is 2. The molecule has 0 unspecified atom stereocenters. The van der Waals surface area contributed by atoms with Gasteiger partial charge in [-0.3, -0.25) is 14.4 Å². The fourth-order valence-corrected chi connectivity index (χ4v) is 2.78. The van der Waals surface area contributed by atoms with Gasteiger partial charge in [0, 0.05) is 23.7 Å². The summed E-state index contributed by atoms with van der Waals surface area (Å²) in [6.07, 6.45) is 0. The third kappa shape index (κ3) is 5.60. The number of methoxy groups -OCH3 is 1. The summed E-state index contributed by atoms with van der Waals surface area (Å²) >= 11 is 0. The maximum absolute atomic E-state index is 12.6. The molecular weight excluding hydrogens is 398 g/mol. The van der Waals surface area contributed by atoms with Crippen molar-refractivity contribution in [2.24, 2.45) is 5.73 Å². The number of carbonyl (C=O) groups is 3. The number of primary amides is 1. The number of rotatable bonds is 7. The average molecular weight is 419 g/mol. The average Bonchev–Trinajstić information content (AvgIpc) is 2.74. The summed E-state index contributed by atoms with van der Waals surface area (Å²) in [7, 11) is 1.49. The van der Waals surface area contributed by atoms with Gasteiger partial charge in [0.25, 0.3) is 5.91 Å². The molecule has 0 saturated carbocycles. The molecular formula is C23H21N3O5. The molecule has 8 heteroatoms. The van der Waals surface area contributed by atoms with Crippen LogP contribution in [0.4, 0.5) is 11.4 Å². The van der Waals surface area contributed by atoms with Crippen LogP contribution in [0.5, 0.6) is 17.2 Å². The number of amides is 3. The minimum Gasteiger partial charge on any atom is -0.495 e. The predicted octanol–water partition coefficient (Wildman–Crippen LogP) is 3.80. The van der Waals surface area contributed by atoms with Crippen LogP contribution in [0.15, 0.2) is 66.7 Å². The molecule has 0 aromatic heterocycles. The summed E-state index contributed by atoms with van der Waals surface area (Å²) in [5, 5.41) is 5.44. The molecule has 0 saturated heterocycles. The standard InChI is InChI=1S/C23H21N3O5/c1-14(27)25-17-7-12-21(30-2)20(13-17)26-23(29)16-5-10-19(11-6-16)31-18-8-3-15(4-9-18)22(24)28/h3-13H,1-2H3,(H2,24,28)(H,25,27)(H,26,29). The fraction of sp³-hybridized carbons (Fsp3) is 0.0870. The highest BCUT2D eigenvalue weighted by Gasteiger charge is 2.12. The Hall–Kier alpha value is -4.33. The van der Waals surface area contributed by atoms with Crippen LogP contribution in [0, 0.1) is 0 Å². The van der Waals surface area contributed by atoms with E-state index in [-0.39, 0.29) is 11.8 Å². The van der Waals surface area contributed by atoms with Gasteiger partial charge >= 0.3 is 0 Å². The number of nitrogens with two attached hydrogens (primary N) is 1. The van der Waals surface area contributed by atoms with Gasteiger partial charge in [-0.25, -0.2) is 0 Å². The van der Waals surface area contributed by atoms with E-state index in [9.17, 15) is 14.4 Å². The lowest BCUT2D eigenvalue weighted by atomic mass is 10.2. The highest BCUT2D eigenvalue weighted by Crippen LogP contribution is 2.29. The Labute approximate surface area is 179 Å². The van der Waals surface area contributed by atoms with Gasteiger partial charge in [0.1, 0.15) is 17.2 Å². The summed E-state index contributed by atoms with van der Waals surface area (Å²) in [6, 6.07) is 17.9. The summed E-state index contributed by atoms with van der Waals surface area (Å²) in [4.78, 5) is 35.0. The van der Waals surface area contributed by atoms with Crippen molar-refractivity contribution in [3.05, 3.63) is 77.9 Å². The molecule has 0 aliphatic rings. The first-order chi connectivity index (χ1) is 14.9. The van der Waals surface area contributed by atoms with Crippen molar-refractivity contribution in [3.63, 3.8) is 0 Å². The molecule has 0 fully saturated rings. The zero-order chi connectivity index (χ0) is 22.4. The predicted molar refractivity (Wildman–Crippen MR) is 117 cm³/mol. The second kappa shape index (κ2) is 9.45. The molecule has 8 nitrogen and oxygen atoms in total. The Morgan fingerprint density at radius 2 is 1.39 bits per heavy atom. The second-order valence-electron chi connectivity index (χ2n) is 6.57. The largest absolute Gasteiger partial charge is 0.495 e. The van der Waals surface area contributed by atoms with E-state index in [1.807, 2.05) is 0 Å². The van der Waals surface area contributed by atoms with E-state index in [1.54, 1.807) is 66.7 Å².